The molecule has 0 aliphatic rings. The van der Waals surface area contributed by atoms with E-state index in [1.807, 2.05) is 24.3 Å². The van der Waals surface area contributed by atoms with Crippen LogP contribution in [0.25, 0.3) is 16.9 Å². The van der Waals surface area contributed by atoms with Gasteiger partial charge in [-0.15, -0.1) is 0 Å². The number of aromatic carboxylic acids is 1. The lowest BCUT2D eigenvalue weighted by molar-refractivity contribution is 0.0697. The first-order chi connectivity index (χ1) is 10.6. The van der Waals surface area contributed by atoms with Gasteiger partial charge < -0.3 is 5.11 Å². The van der Waals surface area contributed by atoms with E-state index in [9.17, 15) is 9.90 Å². The van der Waals surface area contributed by atoms with Crippen LogP contribution < -0.4 is 0 Å². The molecule has 0 unspecified atom stereocenters. The van der Waals surface area contributed by atoms with E-state index in [0.717, 1.165) is 15.7 Å². The zero-order valence-corrected chi connectivity index (χ0v) is 13.3. The van der Waals surface area contributed by atoms with Crippen molar-refractivity contribution < 1.29 is 9.90 Å². The summed E-state index contributed by atoms with van der Waals surface area (Å²) in [6.45, 7) is 1.75. The van der Waals surface area contributed by atoms with Gasteiger partial charge in [0, 0.05) is 22.4 Å². The van der Waals surface area contributed by atoms with Crippen molar-refractivity contribution in [2.24, 2.45) is 0 Å². The standard InChI is InChI=1S/C16H12BrN3O2/c1-10-14(16(21)22)15(11-6-8-18-9-7-11)19-20(10)13-4-2-12(17)3-5-13/h2-9H,1H3,(H,21,22). The Bertz CT molecular complexity index is 827. The van der Waals surface area contributed by atoms with Crippen LogP contribution in [0.5, 0.6) is 0 Å². The first-order valence-electron chi connectivity index (χ1n) is 6.57. The number of aromatic nitrogens is 3. The molecule has 0 saturated carbocycles. The Labute approximate surface area is 135 Å². The van der Waals surface area contributed by atoms with Gasteiger partial charge >= 0.3 is 5.97 Å². The summed E-state index contributed by atoms with van der Waals surface area (Å²) in [4.78, 5) is 15.6. The van der Waals surface area contributed by atoms with Gasteiger partial charge in [-0.2, -0.15) is 5.10 Å². The first-order valence-corrected chi connectivity index (χ1v) is 7.36. The molecule has 3 aromatic rings. The molecule has 1 N–H and O–H groups in total. The molecule has 0 aliphatic carbocycles. The maximum absolute atomic E-state index is 11.6. The van der Waals surface area contributed by atoms with Crippen molar-refractivity contribution in [2.75, 3.05) is 0 Å². The van der Waals surface area contributed by atoms with Crippen LogP contribution in [0, 0.1) is 6.92 Å². The quantitative estimate of drug-likeness (QED) is 0.775. The largest absolute Gasteiger partial charge is 0.478 e. The number of halogens is 1. The third kappa shape index (κ3) is 2.53. The zero-order valence-electron chi connectivity index (χ0n) is 11.7. The number of carboxylic acid groups (broad SMARTS) is 1. The monoisotopic (exact) mass is 357 g/mol. The number of benzene rings is 1. The second kappa shape index (κ2) is 5.73. The molecule has 5 nitrogen and oxygen atoms in total. The predicted octanol–water partition coefficient (Wildman–Crippen LogP) is 3.70. The molecule has 6 heteroatoms. The lowest BCUT2D eigenvalue weighted by atomic mass is 10.1. The third-order valence-corrected chi connectivity index (χ3v) is 3.88. The lowest BCUT2D eigenvalue weighted by Gasteiger charge is -2.04. The topological polar surface area (TPSA) is 68.0 Å². The van der Waals surface area contributed by atoms with Crippen LogP contribution in [0.4, 0.5) is 0 Å². The highest BCUT2D eigenvalue weighted by Gasteiger charge is 2.22. The molecule has 0 fully saturated rings. The number of nitrogens with zero attached hydrogens (tertiary/aromatic N) is 3. The molecule has 110 valence electrons. The summed E-state index contributed by atoms with van der Waals surface area (Å²) in [6.07, 6.45) is 3.24. The van der Waals surface area contributed by atoms with Crippen LogP contribution in [0.3, 0.4) is 0 Å². The summed E-state index contributed by atoms with van der Waals surface area (Å²) in [5.74, 6) is -0.993. The average molecular weight is 358 g/mol. The highest BCUT2D eigenvalue weighted by Crippen LogP contribution is 2.27. The van der Waals surface area contributed by atoms with Gasteiger partial charge in [-0.3, -0.25) is 4.98 Å². The normalized spacial score (nSPS) is 10.6. The van der Waals surface area contributed by atoms with E-state index in [4.69, 9.17) is 0 Å². The fourth-order valence-electron chi connectivity index (χ4n) is 2.30. The average Bonchev–Trinajstić information content (AvgIpc) is 2.87. The molecule has 1 aromatic carbocycles. The van der Waals surface area contributed by atoms with E-state index < -0.39 is 5.97 Å². The Hall–Kier alpha value is -2.47. The Morgan fingerprint density at radius 1 is 1.14 bits per heavy atom. The number of pyridine rings is 1. The second-order valence-electron chi connectivity index (χ2n) is 4.74. The Kier molecular flexibility index (Phi) is 3.77. The SMILES string of the molecule is Cc1c(C(=O)O)c(-c2ccncc2)nn1-c1ccc(Br)cc1. The number of carboxylic acids is 1. The summed E-state index contributed by atoms with van der Waals surface area (Å²) in [5.41, 5.74) is 2.76. The molecule has 3 rings (SSSR count). The van der Waals surface area contributed by atoms with E-state index in [2.05, 4.69) is 26.0 Å². The third-order valence-electron chi connectivity index (χ3n) is 3.36. The number of hydrogen-bond donors (Lipinski definition) is 1. The Morgan fingerprint density at radius 2 is 1.77 bits per heavy atom. The molecule has 0 saturated heterocycles. The maximum Gasteiger partial charge on any atom is 0.339 e. The van der Waals surface area contributed by atoms with Gasteiger partial charge in [0.2, 0.25) is 0 Å². The molecule has 0 atom stereocenters. The summed E-state index contributed by atoms with van der Waals surface area (Å²) in [6, 6.07) is 11.0. The molecule has 2 heterocycles. The smallest absolute Gasteiger partial charge is 0.339 e. The van der Waals surface area contributed by atoms with Crippen molar-refractivity contribution in [3.63, 3.8) is 0 Å². The Morgan fingerprint density at radius 3 is 2.36 bits per heavy atom. The van der Waals surface area contributed by atoms with Crippen LogP contribution in [0.15, 0.2) is 53.3 Å². The maximum atomic E-state index is 11.6. The van der Waals surface area contributed by atoms with Crippen LogP contribution in [-0.4, -0.2) is 25.8 Å². The number of hydrogen-bond acceptors (Lipinski definition) is 3. The van der Waals surface area contributed by atoms with Gasteiger partial charge in [-0.1, -0.05) is 15.9 Å². The zero-order chi connectivity index (χ0) is 15.7. The van der Waals surface area contributed by atoms with Gasteiger partial charge in [-0.05, 0) is 43.3 Å². The minimum Gasteiger partial charge on any atom is -0.478 e. The van der Waals surface area contributed by atoms with Gasteiger partial charge in [0.1, 0.15) is 11.3 Å². The van der Waals surface area contributed by atoms with E-state index in [-0.39, 0.29) is 5.56 Å². The van der Waals surface area contributed by atoms with E-state index in [1.54, 1.807) is 36.1 Å². The molecule has 22 heavy (non-hydrogen) atoms. The summed E-state index contributed by atoms with van der Waals surface area (Å²) >= 11 is 3.39. The molecule has 0 spiro atoms. The Balaban J connectivity index is 2.22. The van der Waals surface area contributed by atoms with Crippen LogP contribution in [0.1, 0.15) is 16.1 Å². The van der Waals surface area contributed by atoms with E-state index in [1.165, 1.54) is 0 Å². The lowest BCUT2D eigenvalue weighted by Crippen LogP contribution is -2.02. The number of rotatable bonds is 3. The molecule has 0 amide bonds. The van der Waals surface area contributed by atoms with Gasteiger partial charge in [0.05, 0.1) is 11.4 Å². The molecule has 0 aliphatic heterocycles. The molecule has 0 bridgehead atoms. The summed E-state index contributed by atoms with van der Waals surface area (Å²) in [7, 11) is 0. The number of carbonyl (C=O) groups is 1. The van der Waals surface area contributed by atoms with Gasteiger partial charge in [0.25, 0.3) is 0 Å². The van der Waals surface area contributed by atoms with Crippen molar-refractivity contribution >= 4 is 21.9 Å². The summed E-state index contributed by atoms with van der Waals surface area (Å²) in [5, 5.41) is 14.0. The highest BCUT2D eigenvalue weighted by atomic mass is 79.9. The second-order valence-corrected chi connectivity index (χ2v) is 5.65. The van der Waals surface area contributed by atoms with Crippen molar-refractivity contribution in [3.8, 4) is 16.9 Å². The van der Waals surface area contributed by atoms with Crippen molar-refractivity contribution in [1.82, 2.24) is 14.8 Å². The molecular formula is C16H12BrN3O2. The molecular weight excluding hydrogens is 346 g/mol. The first kappa shape index (κ1) is 14.5. The van der Waals surface area contributed by atoms with Crippen LogP contribution in [0.2, 0.25) is 0 Å². The predicted molar refractivity (Wildman–Crippen MR) is 86.2 cm³/mol. The molecule has 2 aromatic heterocycles. The van der Waals surface area contributed by atoms with Crippen molar-refractivity contribution in [1.29, 1.82) is 0 Å². The summed E-state index contributed by atoms with van der Waals surface area (Å²) < 4.78 is 2.60. The minimum atomic E-state index is -0.993. The fraction of sp³-hybridized carbons (Fsp3) is 0.0625. The van der Waals surface area contributed by atoms with Crippen LogP contribution in [-0.2, 0) is 0 Å². The van der Waals surface area contributed by atoms with E-state index in [0.29, 0.717) is 11.4 Å². The van der Waals surface area contributed by atoms with E-state index >= 15 is 0 Å². The minimum absolute atomic E-state index is 0.203. The van der Waals surface area contributed by atoms with Crippen molar-refractivity contribution in [3.05, 3.63) is 64.5 Å². The van der Waals surface area contributed by atoms with Crippen LogP contribution >= 0.6 is 15.9 Å². The highest BCUT2D eigenvalue weighted by molar-refractivity contribution is 9.10. The van der Waals surface area contributed by atoms with Crippen molar-refractivity contribution in [2.45, 2.75) is 6.92 Å². The van der Waals surface area contributed by atoms with Gasteiger partial charge in [-0.25, -0.2) is 9.48 Å². The molecule has 0 radical (unpaired) electrons. The van der Waals surface area contributed by atoms with Gasteiger partial charge in [0.15, 0.2) is 0 Å². The fourth-order valence-corrected chi connectivity index (χ4v) is 2.57.